The number of benzene rings is 1. The maximum absolute atomic E-state index is 12.0. The van der Waals surface area contributed by atoms with Crippen LogP contribution in [0.2, 0.25) is 0 Å². The molecular weight excluding hydrogens is 259 g/mol. The first-order valence-electron chi connectivity index (χ1n) is 6.51. The highest BCUT2D eigenvalue weighted by Gasteiger charge is 2.33. The van der Waals surface area contributed by atoms with E-state index in [2.05, 4.69) is 23.3 Å². The standard InChI is InChI=1S/C15H21O3P/c1-8-9(2)14(18-19)12(10(3)16)11-6-7-15(4,5)17-13(8)11/h6-7,19H2,1-5H3. The molecule has 4 heteroatoms. The average molecular weight is 280 g/mol. The molecule has 2 rings (SSSR count). The topological polar surface area (TPSA) is 35.5 Å². The fourth-order valence-electron chi connectivity index (χ4n) is 2.65. The van der Waals surface area contributed by atoms with Gasteiger partial charge in [-0.15, -0.1) is 0 Å². The third kappa shape index (κ3) is 2.36. The molecule has 0 N–H and O–H groups in total. The first-order chi connectivity index (χ1) is 8.78. The fourth-order valence-corrected chi connectivity index (χ4v) is 2.95. The molecule has 1 aliphatic rings. The van der Waals surface area contributed by atoms with Crippen molar-refractivity contribution in [2.24, 2.45) is 0 Å². The Morgan fingerprint density at radius 2 is 1.95 bits per heavy atom. The maximum Gasteiger partial charge on any atom is 0.163 e. The number of ketones is 1. The van der Waals surface area contributed by atoms with Gasteiger partial charge in [-0.05, 0) is 58.6 Å². The van der Waals surface area contributed by atoms with Crippen molar-refractivity contribution in [3.8, 4) is 11.5 Å². The molecule has 0 bridgehead atoms. The number of hydrogen-bond acceptors (Lipinski definition) is 3. The molecule has 19 heavy (non-hydrogen) atoms. The van der Waals surface area contributed by atoms with Gasteiger partial charge in [0.1, 0.15) is 17.1 Å². The molecule has 0 aliphatic carbocycles. The van der Waals surface area contributed by atoms with Gasteiger partial charge in [0.15, 0.2) is 5.78 Å². The van der Waals surface area contributed by atoms with Gasteiger partial charge in [0.2, 0.25) is 0 Å². The molecule has 104 valence electrons. The number of rotatable bonds is 2. The van der Waals surface area contributed by atoms with E-state index in [9.17, 15) is 4.79 Å². The van der Waals surface area contributed by atoms with E-state index in [1.165, 1.54) is 0 Å². The van der Waals surface area contributed by atoms with Crippen LogP contribution in [0.3, 0.4) is 0 Å². The summed E-state index contributed by atoms with van der Waals surface area (Å²) in [5, 5.41) is 0. The molecule has 0 aromatic heterocycles. The molecular formula is C15H21O3P. The molecule has 0 saturated carbocycles. The molecule has 0 fully saturated rings. The zero-order valence-electron chi connectivity index (χ0n) is 12.2. The van der Waals surface area contributed by atoms with E-state index in [1.54, 1.807) is 6.92 Å². The van der Waals surface area contributed by atoms with E-state index < -0.39 is 0 Å². The summed E-state index contributed by atoms with van der Waals surface area (Å²) in [7, 11) is 2.24. The zero-order valence-corrected chi connectivity index (χ0v) is 13.4. The van der Waals surface area contributed by atoms with Gasteiger partial charge >= 0.3 is 0 Å². The second-order valence-corrected chi connectivity index (χ2v) is 6.03. The van der Waals surface area contributed by atoms with Crippen molar-refractivity contribution in [1.29, 1.82) is 0 Å². The van der Waals surface area contributed by atoms with Crippen LogP contribution in [0.1, 0.15) is 54.2 Å². The van der Waals surface area contributed by atoms with Crippen LogP contribution in [-0.4, -0.2) is 11.4 Å². The normalized spacial score (nSPS) is 16.5. The van der Waals surface area contributed by atoms with Gasteiger partial charge in [0.25, 0.3) is 0 Å². The maximum atomic E-state index is 12.0. The van der Waals surface area contributed by atoms with E-state index in [-0.39, 0.29) is 11.4 Å². The largest absolute Gasteiger partial charge is 0.487 e. The highest BCUT2D eigenvalue weighted by Crippen LogP contribution is 2.44. The minimum Gasteiger partial charge on any atom is -0.487 e. The lowest BCUT2D eigenvalue weighted by Gasteiger charge is -2.35. The van der Waals surface area contributed by atoms with Crippen molar-refractivity contribution in [2.75, 3.05) is 0 Å². The van der Waals surface area contributed by atoms with Crippen LogP contribution in [0.15, 0.2) is 0 Å². The van der Waals surface area contributed by atoms with E-state index in [0.717, 1.165) is 35.3 Å². The minimum atomic E-state index is -0.179. The lowest BCUT2D eigenvalue weighted by molar-refractivity contribution is 0.0820. The first-order valence-corrected chi connectivity index (χ1v) is 6.98. The predicted octanol–water partition coefficient (Wildman–Crippen LogP) is 3.78. The summed E-state index contributed by atoms with van der Waals surface area (Å²) in [5.74, 6) is 1.56. The smallest absolute Gasteiger partial charge is 0.163 e. The second kappa shape index (κ2) is 4.79. The summed E-state index contributed by atoms with van der Waals surface area (Å²) in [6, 6.07) is 0. The lowest BCUT2D eigenvalue weighted by atomic mass is 9.86. The monoisotopic (exact) mass is 280 g/mol. The molecule has 1 aromatic rings. The molecule has 1 heterocycles. The third-order valence-corrected chi connectivity index (χ3v) is 4.11. The van der Waals surface area contributed by atoms with E-state index in [4.69, 9.17) is 9.26 Å². The van der Waals surface area contributed by atoms with Crippen molar-refractivity contribution in [3.05, 3.63) is 22.3 Å². The van der Waals surface area contributed by atoms with E-state index in [1.807, 2.05) is 13.8 Å². The Hall–Kier alpha value is -1.08. The summed E-state index contributed by atoms with van der Waals surface area (Å²) < 4.78 is 11.5. The molecule has 1 aromatic carbocycles. The number of fused-ring (bicyclic) bond motifs is 1. The van der Waals surface area contributed by atoms with Gasteiger partial charge in [-0.2, -0.15) is 0 Å². The molecule has 1 aliphatic heterocycles. The van der Waals surface area contributed by atoms with E-state index in [0.29, 0.717) is 11.3 Å². The van der Waals surface area contributed by atoms with Gasteiger partial charge in [-0.1, -0.05) is 0 Å². The first kappa shape index (κ1) is 14.3. The molecule has 0 saturated heterocycles. The Kier molecular flexibility index (Phi) is 3.61. The Balaban J connectivity index is 2.75. The van der Waals surface area contributed by atoms with Gasteiger partial charge in [-0.25, -0.2) is 0 Å². The molecule has 0 radical (unpaired) electrons. The Morgan fingerprint density at radius 1 is 1.32 bits per heavy atom. The molecule has 3 nitrogen and oxygen atoms in total. The van der Waals surface area contributed by atoms with Crippen molar-refractivity contribution in [1.82, 2.24) is 0 Å². The molecule has 0 spiro atoms. The van der Waals surface area contributed by atoms with Gasteiger partial charge in [0.05, 0.1) is 15.0 Å². The van der Waals surface area contributed by atoms with Crippen molar-refractivity contribution in [2.45, 2.75) is 53.1 Å². The number of Topliss-reactive ketones (excluding diaryl/α,β-unsaturated/α-hetero) is 1. The van der Waals surface area contributed by atoms with Crippen LogP contribution >= 0.6 is 9.47 Å². The number of ether oxygens (including phenoxy) is 1. The van der Waals surface area contributed by atoms with Crippen LogP contribution < -0.4 is 9.26 Å². The van der Waals surface area contributed by atoms with Crippen molar-refractivity contribution < 1.29 is 14.1 Å². The zero-order chi connectivity index (χ0) is 14.4. The van der Waals surface area contributed by atoms with Crippen LogP contribution in [-0.2, 0) is 6.42 Å². The lowest BCUT2D eigenvalue weighted by Crippen LogP contribution is -2.34. The highest BCUT2D eigenvalue weighted by molar-refractivity contribution is 7.10. The summed E-state index contributed by atoms with van der Waals surface area (Å²) in [5.41, 5.74) is 3.51. The van der Waals surface area contributed by atoms with Gasteiger partial charge in [0, 0.05) is 5.56 Å². The number of hydrogen-bond donors (Lipinski definition) is 0. The average Bonchev–Trinajstić information content (AvgIpc) is 2.32. The van der Waals surface area contributed by atoms with Crippen LogP contribution in [0.25, 0.3) is 0 Å². The van der Waals surface area contributed by atoms with Crippen LogP contribution in [0.4, 0.5) is 0 Å². The fraction of sp³-hybridized carbons (Fsp3) is 0.533. The predicted molar refractivity (Wildman–Crippen MR) is 79.3 cm³/mol. The SMILES string of the molecule is CC(=O)c1c2c(c(C)c(C)c1OP)OC(C)(C)CC2. The summed E-state index contributed by atoms with van der Waals surface area (Å²) in [4.78, 5) is 12.0. The summed E-state index contributed by atoms with van der Waals surface area (Å²) in [6.45, 7) is 9.73. The Bertz CT molecular complexity index is 547. The Labute approximate surface area is 117 Å². The quantitative estimate of drug-likeness (QED) is 0.611. The van der Waals surface area contributed by atoms with Crippen LogP contribution in [0, 0.1) is 13.8 Å². The highest BCUT2D eigenvalue weighted by atomic mass is 31.0. The number of carbonyl (C=O) groups is 1. The van der Waals surface area contributed by atoms with Crippen molar-refractivity contribution in [3.63, 3.8) is 0 Å². The van der Waals surface area contributed by atoms with Gasteiger partial charge in [-0.3, -0.25) is 4.79 Å². The summed E-state index contributed by atoms with van der Waals surface area (Å²) in [6.07, 6.45) is 1.75. The third-order valence-electron chi connectivity index (χ3n) is 3.87. The Morgan fingerprint density at radius 3 is 2.47 bits per heavy atom. The van der Waals surface area contributed by atoms with Crippen molar-refractivity contribution >= 4 is 15.2 Å². The van der Waals surface area contributed by atoms with E-state index >= 15 is 0 Å². The molecule has 1 unspecified atom stereocenters. The summed E-state index contributed by atoms with van der Waals surface area (Å²) >= 11 is 0. The molecule has 1 atom stereocenters. The minimum absolute atomic E-state index is 0.0279. The number of carbonyl (C=O) groups excluding carboxylic acids is 1. The second-order valence-electron chi connectivity index (χ2n) is 5.80. The molecule has 0 amide bonds. The van der Waals surface area contributed by atoms with Crippen LogP contribution in [0.5, 0.6) is 11.5 Å². The van der Waals surface area contributed by atoms with Gasteiger partial charge < -0.3 is 9.26 Å².